The number of likely N-dealkylation sites (N-methyl/N-ethyl adjacent to an activating group) is 1. The Balaban J connectivity index is 1.49. The van der Waals surface area contributed by atoms with Gasteiger partial charge in [-0.25, -0.2) is 0 Å². The first-order valence-corrected chi connectivity index (χ1v) is 7.73. The fourth-order valence-electron chi connectivity index (χ4n) is 4.40. The van der Waals surface area contributed by atoms with Crippen LogP contribution in [0, 0.1) is 17.8 Å². The van der Waals surface area contributed by atoms with Gasteiger partial charge in [0.2, 0.25) is 5.91 Å². The van der Waals surface area contributed by atoms with Gasteiger partial charge in [-0.3, -0.25) is 4.79 Å². The summed E-state index contributed by atoms with van der Waals surface area (Å²) in [5.74, 6) is 2.54. The molecular weight excluding hydrogens is 240 g/mol. The summed E-state index contributed by atoms with van der Waals surface area (Å²) in [6.07, 6.45) is 6.78. The number of hydrogen-bond acceptors (Lipinski definition) is 3. The Labute approximate surface area is 115 Å². The monoisotopic (exact) mass is 266 g/mol. The Bertz CT molecular complexity index is 352. The molecule has 2 saturated carbocycles. The third kappa shape index (κ3) is 2.79. The van der Waals surface area contributed by atoms with Crippen LogP contribution in [0.25, 0.3) is 0 Å². The topological polar surface area (TPSA) is 52.6 Å². The van der Waals surface area contributed by atoms with E-state index in [2.05, 4.69) is 5.32 Å². The molecule has 4 nitrogen and oxygen atoms in total. The summed E-state index contributed by atoms with van der Waals surface area (Å²) in [6, 6.07) is 0. The number of hydrogen-bond donors (Lipinski definition) is 2. The van der Waals surface area contributed by atoms with Gasteiger partial charge in [-0.05, 0) is 50.0 Å². The molecule has 0 aromatic heterocycles. The predicted molar refractivity (Wildman–Crippen MR) is 73.6 cm³/mol. The first kappa shape index (κ1) is 13.4. The highest BCUT2D eigenvalue weighted by Gasteiger charge is 2.41. The summed E-state index contributed by atoms with van der Waals surface area (Å²) in [5, 5.41) is 13.5. The number of aliphatic hydroxyl groups is 1. The van der Waals surface area contributed by atoms with Gasteiger partial charge in [-0.1, -0.05) is 6.42 Å². The van der Waals surface area contributed by atoms with Crippen molar-refractivity contribution in [3.63, 3.8) is 0 Å². The molecule has 3 fully saturated rings. The zero-order valence-corrected chi connectivity index (χ0v) is 11.9. The van der Waals surface area contributed by atoms with Crippen LogP contribution in [0.5, 0.6) is 0 Å². The summed E-state index contributed by atoms with van der Waals surface area (Å²) < 4.78 is 0. The van der Waals surface area contributed by atoms with Crippen molar-refractivity contribution in [2.75, 3.05) is 26.7 Å². The quantitative estimate of drug-likeness (QED) is 0.798. The molecule has 1 heterocycles. The molecule has 19 heavy (non-hydrogen) atoms. The van der Waals surface area contributed by atoms with Crippen LogP contribution in [0.3, 0.4) is 0 Å². The molecule has 1 saturated heterocycles. The van der Waals surface area contributed by atoms with E-state index in [0.717, 1.165) is 24.8 Å². The second kappa shape index (κ2) is 5.06. The summed E-state index contributed by atoms with van der Waals surface area (Å²) in [5.41, 5.74) is -0.709. The van der Waals surface area contributed by atoms with E-state index in [-0.39, 0.29) is 5.91 Å². The summed E-state index contributed by atoms with van der Waals surface area (Å²) in [4.78, 5) is 14.0. The molecule has 108 valence electrons. The number of fused-ring (bicyclic) bond motifs is 2. The molecule has 3 rings (SSSR count). The molecule has 1 aliphatic heterocycles. The lowest BCUT2D eigenvalue weighted by atomic mass is 9.86. The van der Waals surface area contributed by atoms with Gasteiger partial charge in [0.05, 0.1) is 12.1 Å². The second-order valence-electron chi connectivity index (χ2n) is 7.04. The molecule has 4 unspecified atom stereocenters. The predicted octanol–water partition coefficient (Wildman–Crippen LogP) is 0.995. The Morgan fingerprint density at radius 1 is 1.42 bits per heavy atom. The lowest BCUT2D eigenvalue weighted by Gasteiger charge is -2.30. The summed E-state index contributed by atoms with van der Waals surface area (Å²) >= 11 is 0. The first-order chi connectivity index (χ1) is 9.06. The number of amides is 1. The van der Waals surface area contributed by atoms with E-state index >= 15 is 0 Å². The maximum absolute atomic E-state index is 12.3. The third-order valence-electron chi connectivity index (χ3n) is 5.50. The highest BCUT2D eigenvalue weighted by atomic mass is 16.3. The highest BCUT2D eigenvalue weighted by molar-refractivity contribution is 5.76. The van der Waals surface area contributed by atoms with E-state index in [0.29, 0.717) is 25.4 Å². The van der Waals surface area contributed by atoms with E-state index in [1.54, 1.807) is 4.90 Å². The van der Waals surface area contributed by atoms with Crippen LogP contribution in [-0.4, -0.2) is 48.2 Å². The van der Waals surface area contributed by atoms with Crippen molar-refractivity contribution in [1.82, 2.24) is 10.2 Å². The summed E-state index contributed by atoms with van der Waals surface area (Å²) in [6.45, 7) is 1.93. The molecule has 4 heteroatoms. The van der Waals surface area contributed by atoms with Crippen molar-refractivity contribution in [3.8, 4) is 0 Å². The van der Waals surface area contributed by atoms with Crippen molar-refractivity contribution >= 4 is 5.91 Å². The van der Waals surface area contributed by atoms with Gasteiger partial charge in [0, 0.05) is 20.0 Å². The summed E-state index contributed by atoms with van der Waals surface area (Å²) in [7, 11) is 1.84. The van der Waals surface area contributed by atoms with E-state index in [1.807, 2.05) is 7.05 Å². The molecule has 3 aliphatic rings. The molecule has 0 spiro atoms. The van der Waals surface area contributed by atoms with Crippen molar-refractivity contribution in [3.05, 3.63) is 0 Å². The molecule has 2 bridgehead atoms. The second-order valence-corrected chi connectivity index (χ2v) is 7.04. The average Bonchev–Trinajstić information content (AvgIpc) is 3.05. The van der Waals surface area contributed by atoms with Crippen LogP contribution >= 0.6 is 0 Å². The minimum atomic E-state index is -0.709. The first-order valence-electron chi connectivity index (χ1n) is 7.73. The molecule has 0 radical (unpaired) electrons. The van der Waals surface area contributed by atoms with Crippen molar-refractivity contribution in [2.45, 2.75) is 44.1 Å². The smallest absolute Gasteiger partial charge is 0.222 e. The molecule has 2 aliphatic carbocycles. The van der Waals surface area contributed by atoms with Gasteiger partial charge in [-0.2, -0.15) is 0 Å². The number of carbonyl (C=O) groups is 1. The van der Waals surface area contributed by atoms with Gasteiger partial charge in [0.15, 0.2) is 0 Å². The zero-order chi connectivity index (χ0) is 13.5. The standard InChI is InChI=1S/C15H26N2O2/c1-17(10-15(19)4-5-16-9-15)14(18)8-13-7-11-2-3-12(13)6-11/h11-13,16,19H,2-10H2,1H3. The zero-order valence-electron chi connectivity index (χ0n) is 11.9. The van der Waals surface area contributed by atoms with Crippen molar-refractivity contribution in [1.29, 1.82) is 0 Å². The van der Waals surface area contributed by atoms with Crippen LogP contribution in [-0.2, 0) is 4.79 Å². The average molecular weight is 266 g/mol. The molecule has 2 N–H and O–H groups in total. The molecule has 0 aromatic rings. The van der Waals surface area contributed by atoms with Gasteiger partial charge < -0.3 is 15.3 Å². The highest BCUT2D eigenvalue weighted by Crippen LogP contribution is 2.49. The number of nitrogens with zero attached hydrogens (tertiary/aromatic N) is 1. The van der Waals surface area contributed by atoms with Crippen LogP contribution in [0.4, 0.5) is 0 Å². The van der Waals surface area contributed by atoms with Gasteiger partial charge in [0.1, 0.15) is 0 Å². The fourth-order valence-corrected chi connectivity index (χ4v) is 4.40. The number of nitrogens with one attached hydrogen (secondary N) is 1. The van der Waals surface area contributed by atoms with Crippen LogP contribution in [0.15, 0.2) is 0 Å². The van der Waals surface area contributed by atoms with Crippen LogP contribution in [0.1, 0.15) is 38.5 Å². The van der Waals surface area contributed by atoms with Crippen molar-refractivity contribution in [2.24, 2.45) is 17.8 Å². The molecule has 0 aromatic carbocycles. The largest absolute Gasteiger partial charge is 0.387 e. The minimum absolute atomic E-state index is 0.220. The lowest BCUT2D eigenvalue weighted by molar-refractivity contribution is -0.134. The van der Waals surface area contributed by atoms with E-state index in [1.165, 1.54) is 25.7 Å². The maximum Gasteiger partial charge on any atom is 0.222 e. The van der Waals surface area contributed by atoms with E-state index in [4.69, 9.17) is 0 Å². The number of β-amino-alcohol motifs (C(OH)–C–C–N with tert-alkyl or cyclic N) is 1. The number of rotatable bonds is 4. The Morgan fingerprint density at radius 3 is 2.84 bits per heavy atom. The lowest BCUT2D eigenvalue weighted by Crippen LogP contribution is -2.45. The van der Waals surface area contributed by atoms with Gasteiger partial charge >= 0.3 is 0 Å². The van der Waals surface area contributed by atoms with E-state index in [9.17, 15) is 9.90 Å². The van der Waals surface area contributed by atoms with Crippen molar-refractivity contribution < 1.29 is 9.90 Å². The Morgan fingerprint density at radius 2 is 2.26 bits per heavy atom. The molecule has 1 amide bonds. The van der Waals surface area contributed by atoms with Gasteiger partial charge in [-0.15, -0.1) is 0 Å². The van der Waals surface area contributed by atoms with E-state index < -0.39 is 5.60 Å². The minimum Gasteiger partial charge on any atom is -0.387 e. The van der Waals surface area contributed by atoms with Crippen LogP contribution < -0.4 is 5.32 Å². The Hall–Kier alpha value is -0.610. The molecule has 4 atom stereocenters. The van der Waals surface area contributed by atoms with Crippen LogP contribution in [0.2, 0.25) is 0 Å². The molecular formula is C15H26N2O2. The fraction of sp³-hybridized carbons (Fsp3) is 0.933. The Kier molecular flexibility index (Phi) is 3.56. The third-order valence-corrected chi connectivity index (χ3v) is 5.50. The maximum atomic E-state index is 12.3. The SMILES string of the molecule is CN(CC1(O)CCNC1)C(=O)CC1CC2CCC1C2. The van der Waals surface area contributed by atoms with Gasteiger partial charge in [0.25, 0.3) is 0 Å². The number of carbonyl (C=O) groups excluding carboxylic acids is 1. The normalized spacial score (nSPS) is 40.8.